The second-order valence-electron chi connectivity index (χ2n) is 3.81. The molecule has 0 spiro atoms. The molecule has 0 fully saturated rings. The van der Waals surface area contributed by atoms with E-state index in [2.05, 4.69) is 10.6 Å². The number of halogens is 4. The van der Waals surface area contributed by atoms with Crippen LogP contribution in [0.25, 0.3) is 0 Å². The van der Waals surface area contributed by atoms with Crippen LogP contribution in [-0.4, -0.2) is 30.8 Å². The van der Waals surface area contributed by atoms with E-state index < -0.39 is 17.6 Å². The van der Waals surface area contributed by atoms with E-state index in [1.54, 1.807) is 0 Å². The van der Waals surface area contributed by atoms with Crippen LogP contribution >= 0.6 is 11.6 Å². The third-order valence-corrected chi connectivity index (χ3v) is 2.57. The molecule has 4 nitrogen and oxygen atoms in total. The second-order valence-corrected chi connectivity index (χ2v) is 4.08. The molecule has 0 saturated heterocycles. The van der Waals surface area contributed by atoms with Crippen molar-refractivity contribution in [3.8, 4) is 0 Å². The summed E-state index contributed by atoms with van der Waals surface area (Å²) in [6.07, 6.45) is -4.43. The lowest BCUT2D eigenvalue weighted by molar-refractivity contribution is -0.137. The Morgan fingerprint density at radius 2 is 1.60 bits per heavy atom. The molecule has 0 radical (unpaired) electrons. The standard InChI is InChI=1S/C12H12ClF3N2O2/c13-7-10(19)17-5-6-18-11(20)8-1-3-9(4-2-8)12(14,15)16/h1-4H,5-7H2,(H,17,19)(H,18,20). The van der Waals surface area contributed by atoms with Gasteiger partial charge in [-0.3, -0.25) is 9.59 Å². The first-order chi connectivity index (χ1) is 9.34. The Morgan fingerprint density at radius 3 is 2.10 bits per heavy atom. The van der Waals surface area contributed by atoms with Gasteiger partial charge in [0.05, 0.1) is 5.56 Å². The van der Waals surface area contributed by atoms with Crippen molar-refractivity contribution >= 4 is 23.4 Å². The van der Waals surface area contributed by atoms with E-state index in [1.807, 2.05) is 0 Å². The minimum Gasteiger partial charge on any atom is -0.353 e. The Balaban J connectivity index is 2.46. The van der Waals surface area contributed by atoms with Gasteiger partial charge >= 0.3 is 6.18 Å². The lowest BCUT2D eigenvalue weighted by Gasteiger charge is -2.08. The molecule has 0 saturated carbocycles. The summed E-state index contributed by atoms with van der Waals surface area (Å²) in [5, 5.41) is 4.89. The number of alkyl halides is 4. The van der Waals surface area contributed by atoms with Crippen molar-refractivity contribution in [2.45, 2.75) is 6.18 Å². The van der Waals surface area contributed by atoms with Crippen molar-refractivity contribution in [1.82, 2.24) is 10.6 Å². The number of hydrogen-bond acceptors (Lipinski definition) is 2. The van der Waals surface area contributed by atoms with E-state index in [-0.39, 0.29) is 30.4 Å². The quantitative estimate of drug-likeness (QED) is 0.643. The normalized spacial score (nSPS) is 11.0. The topological polar surface area (TPSA) is 58.2 Å². The van der Waals surface area contributed by atoms with E-state index >= 15 is 0 Å². The molecular formula is C12H12ClF3N2O2. The highest BCUT2D eigenvalue weighted by Gasteiger charge is 2.30. The van der Waals surface area contributed by atoms with Gasteiger partial charge < -0.3 is 10.6 Å². The van der Waals surface area contributed by atoms with Crippen LogP contribution in [0.2, 0.25) is 0 Å². The number of carbonyl (C=O) groups excluding carboxylic acids is 2. The van der Waals surface area contributed by atoms with Crippen LogP contribution in [0, 0.1) is 0 Å². The van der Waals surface area contributed by atoms with Gasteiger partial charge in [0, 0.05) is 18.7 Å². The predicted octanol–water partition coefficient (Wildman–Crippen LogP) is 1.79. The first-order valence-electron chi connectivity index (χ1n) is 5.62. The van der Waals surface area contributed by atoms with Crippen LogP contribution in [0.4, 0.5) is 13.2 Å². The highest BCUT2D eigenvalue weighted by Crippen LogP contribution is 2.28. The molecule has 1 aromatic rings. The molecule has 0 atom stereocenters. The van der Waals surface area contributed by atoms with Crippen molar-refractivity contribution in [2.75, 3.05) is 19.0 Å². The number of carbonyl (C=O) groups is 2. The number of amides is 2. The maximum absolute atomic E-state index is 12.3. The number of nitrogens with one attached hydrogen (secondary N) is 2. The molecule has 0 aliphatic rings. The maximum atomic E-state index is 12.3. The molecule has 0 heterocycles. The van der Waals surface area contributed by atoms with Crippen LogP contribution < -0.4 is 10.6 Å². The molecule has 1 rings (SSSR count). The van der Waals surface area contributed by atoms with E-state index in [1.165, 1.54) is 0 Å². The Kier molecular flexibility index (Phi) is 5.82. The van der Waals surface area contributed by atoms with E-state index in [0.29, 0.717) is 0 Å². The SMILES string of the molecule is O=C(CCl)NCCNC(=O)c1ccc(C(F)(F)F)cc1. The van der Waals surface area contributed by atoms with E-state index in [9.17, 15) is 22.8 Å². The molecule has 20 heavy (non-hydrogen) atoms. The number of hydrogen-bond donors (Lipinski definition) is 2. The van der Waals surface area contributed by atoms with Gasteiger partial charge in [0.15, 0.2) is 0 Å². The molecule has 0 aromatic heterocycles. The minimum atomic E-state index is -4.43. The average molecular weight is 309 g/mol. The molecule has 0 aliphatic heterocycles. The van der Waals surface area contributed by atoms with Crippen molar-refractivity contribution in [1.29, 1.82) is 0 Å². The lowest BCUT2D eigenvalue weighted by atomic mass is 10.1. The molecule has 0 unspecified atom stereocenters. The van der Waals surface area contributed by atoms with E-state index in [0.717, 1.165) is 24.3 Å². The summed E-state index contributed by atoms with van der Waals surface area (Å²) in [4.78, 5) is 22.4. The smallest absolute Gasteiger partial charge is 0.353 e. The van der Waals surface area contributed by atoms with Crippen LogP contribution in [0.3, 0.4) is 0 Å². The van der Waals surface area contributed by atoms with E-state index in [4.69, 9.17) is 11.6 Å². The molecule has 110 valence electrons. The Labute approximate surface area is 118 Å². The Morgan fingerprint density at radius 1 is 1.05 bits per heavy atom. The fourth-order valence-corrected chi connectivity index (χ4v) is 1.43. The van der Waals surface area contributed by atoms with Crippen molar-refractivity contribution in [3.63, 3.8) is 0 Å². The first kappa shape index (κ1) is 16.3. The first-order valence-corrected chi connectivity index (χ1v) is 6.16. The summed E-state index contributed by atoms with van der Waals surface area (Å²) in [6.45, 7) is 0.348. The third-order valence-electron chi connectivity index (χ3n) is 2.33. The fourth-order valence-electron chi connectivity index (χ4n) is 1.34. The highest BCUT2D eigenvalue weighted by molar-refractivity contribution is 6.27. The van der Waals surface area contributed by atoms with Gasteiger partial charge in [-0.15, -0.1) is 11.6 Å². The van der Waals surface area contributed by atoms with Gasteiger partial charge in [-0.05, 0) is 24.3 Å². The van der Waals surface area contributed by atoms with Gasteiger partial charge in [-0.2, -0.15) is 13.2 Å². The number of rotatable bonds is 5. The second kappa shape index (κ2) is 7.14. The van der Waals surface area contributed by atoms with Crippen LogP contribution in [0.1, 0.15) is 15.9 Å². The van der Waals surface area contributed by atoms with Gasteiger partial charge in [0.1, 0.15) is 5.88 Å². The summed E-state index contributed by atoms with van der Waals surface area (Å²) in [5.74, 6) is -1.05. The molecule has 0 bridgehead atoms. The summed E-state index contributed by atoms with van der Waals surface area (Å²) >= 11 is 5.25. The summed E-state index contributed by atoms with van der Waals surface area (Å²) in [7, 11) is 0. The van der Waals surface area contributed by atoms with Crippen molar-refractivity contribution < 1.29 is 22.8 Å². The third kappa shape index (κ3) is 5.08. The van der Waals surface area contributed by atoms with Crippen LogP contribution in [0.15, 0.2) is 24.3 Å². The lowest BCUT2D eigenvalue weighted by Crippen LogP contribution is -2.35. The molecule has 8 heteroatoms. The maximum Gasteiger partial charge on any atom is 0.416 e. The van der Waals surface area contributed by atoms with Gasteiger partial charge in [-0.25, -0.2) is 0 Å². The summed E-state index contributed by atoms with van der Waals surface area (Å²) in [6, 6.07) is 3.86. The molecule has 2 N–H and O–H groups in total. The van der Waals surface area contributed by atoms with Crippen LogP contribution in [-0.2, 0) is 11.0 Å². The van der Waals surface area contributed by atoms with Gasteiger partial charge in [0.2, 0.25) is 5.91 Å². The molecular weight excluding hydrogens is 297 g/mol. The summed E-state index contributed by atoms with van der Waals surface area (Å²) < 4.78 is 37.0. The molecule has 1 aromatic carbocycles. The van der Waals surface area contributed by atoms with Gasteiger partial charge in [-0.1, -0.05) is 0 Å². The summed E-state index contributed by atoms with van der Waals surface area (Å²) in [5.41, 5.74) is -0.704. The largest absolute Gasteiger partial charge is 0.416 e. The van der Waals surface area contributed by atoms with Gasteiger partial charge in [0.25, 0.3) is 5.91 Å². The molecule has 0 aliphatic carbocycles. The number of benzene rings is 1. The highest BCUT2D eigenvalue weighted by atomic mass is 35.5. The zero-order chi connectivity index (χ0) is 15.2. The fraction of sp³-hybridized carbons (Fsp3) is 0.333. The average Bonchev–Trinajstić information content (AvgIpc) is 2.42. The molecule has 2 amide bonds. The zero-order valence-electron chi connectivity index (χ0n) is 10.3. The predicted molar refractivity (Wildman–Crippen MR) is 67.5 cm³/mol. The van der Waals surface area contributed by atoms with Crippen LogP contribution in [0.5, 0.6) is 0 Å². The van der Waals surface area contributed by atoms with Crippen molar-refractivity contribution in [3.05, 3.63) is 35.4 Å². The minimum absolute atomic E-state index is 0.113. The Bertz CT molecular complexity index is 475. The monoisotopic (exact) mass is 308 g/mol. The zero-order valence-corrected chi connectivity index (χ0v) is 11.0. The van der Waals surface area contributed by atoms with Crippen molar-refractivity contribution in [2.24, 2.45) is 0 Å². The Hall–Kier alpha value is -1.76.